The molecular weight excluding hydrogens is 532 g/mol. The molecule has 0 saturated carbocycles. The van der Waals surface area contributed by atoms with E-state index >= 15 is 0 Å². The molecule has 2 bridgehead atoms. The Bertz CT molecular complexity index is 1360. The summed E-state index contributed by atoms with van der Waals surface area (Å²) in [6, 6.07) is 15.4. The summed E-state index contributed by atoms with van der Waals surface area (Å²) in [7, 11) is 1.61. The van der Waals surface area contributed by atoms with Crippen LogP contribution in [0, 0.1) is 0 Å². The molecule has 2 aliphatic rings. The number of rotatable bonds is 10. The lowest BCUT2D eigenvalue weighted by Gasteiger charge is -2.38. The lowest BCUT2D eigenvalue weighted by Crippen LogP contribution is -2.43. The minimum atomic E-state index is -1.26. The van der Waals surface area contributed by atoms with Gasteiger partial charge in [-0.2, -0.15) is 4.37 Å². The molecule has 2 saturated heterocycles. The zero-order valence-electron chi connectivity index (χ0n) is 22.6. The fraction of sp³-hybridized carbons (Fsp3) is 0.400. The third-order valence-corrected chi connectivity index (χ3v) is 8.27. The highest BCUT2D eigenvalue weighted by molar-refractivity contribution is 7.13. The summed E-state index contributed by atoms with van der Waals surface area (Å²) in [6.45, 7) is 3.27. The third-order valence-electron chi connectivity index (χ3n) is 7.43. The second-order valence-corrected chi connectivity index (χ2v) is 10.8. The highest BCUT2D eigenvalue weighted by Crippen LogP contribution is 2.44. The van der Waals surface area contributed by atoms with Crippen molar-refractivity contribution < 1.29 is 34.1 Å². The Morgan fingerprint density at radius 2 is 1.70 bits per heavy atom. The second-order valence-electron chi connectivity index (χ2n) is 9.99. The van der Waals surface area contributed by atoms with E-state index < -0.39 is 11.9 Å². The van der Waals surface area contributed by atoms with E-state index in [-0.39, 0.29) is 5.78 Å². The Hall–Kier alpha value is -3.76. The summed E-state index contributed by atoms with van der Waals surface area (Å²) in [4.78, 5) is 33.4. The SMILES string of the molecule is COc1cc(C(C)=O)ccc1OCCCN1C2CCC1CC(c1nsc3ccccc13)C2.O=C(O)/C=C/C(=O)O. The minimum Gasteiger partial charge on any atom is -0.493 e. The van der Waals surface area contributed by atoms with Gasteiger partial charge in [0.1, 0.15) is 0 Å². The molecule has 2 aromatic carbocycles. The number of ketones is 1. The van der Waals surface area contributed by atoms with Crippen molar-refractivity contribution in [3.05, 3.63) is 65.9 Å². The van der Waals surface area contributed by atoms with Crippen LogP contribution in [0.25, 0.3) is 10.1 Å². The van der Waals surface area contributed by atoms with Crippen LogP contribution in [0.2, 0.25) is 0 Å². The molecule has 2 N–H and O–H groups in total. The molecule has 0 amide bonds. The molecule has 2 unspecified atom stereocenters. The van der Waals surface area contributed by atoms with E-state index in [4.69, 9.17) is 24.1 Å². The van der Waals surface area contributed by atoms with Crippen molar-refractivity contribution in [2.45, 2.75) is 57.0 Å². The standard InChI is InChI=1S/C26H30N2O3S.C4H4O4/c1-17(29)18-8-11-23(24(16-18)30-2)31-13-5-12-28-20-9-10-21(28)15-19(14-20)26-22-6-3-4-7-25(22)32-27-26;5-3(6)1-2-4(7)8/h3-4,6-8,11,16,19-21H,5,9-10,12-15H2,1-2H3;1-2H,(H,5,6)(H,7,8)/b;2-1+. The van der Waals surface area contributed by atoms with Crippen molar-refractivity contribution >= 4 is 39.3 Å². The van der Waals surface area contributed by atoms with Gasteiger partial charge >= 0.3 is 11.9 Å². The number of carboxylic acid groups (broad SMARTS) is 2. The largest absolute Gasteiger partial charge is 0.493 e. The summed E-state index contributed by atoms with van der Waals surface area (Å²) in [6.07, 6.45) is 7.12. The summed E-state index contributed by atoms with van der Waals surface area (Å²) in [5, 5.41) is 17.0. The molecule has 1 aromatic heterocycles. The first-order valence-corrected chi connectivity index (χ1v) is 14.1. The summed E-state index contributed by atoms with van der Waals surface area (Å²) >= 11 is 1.64. The molecular formula is C30H34N2O7S. The van der Waals surface area contributed by atoms with Gasteiger partial charge < -0.3 is 19.7 Å². The molecule has 0 aliphatic carbocycles. The van der Waals surface area contributed by atoms with Gasteiger partial charge in [0.25, 0.3) is 0 Å². The number of benzene rings is 2. The molecule has 2 atom stereocenters. The number of hydrogen-bond acceptors (Lipinski definition) is 8. The fourth-order valence-electron chi connectivity index (χ4n) is 5.64. The zero-order chi connectivity index (χ0) is 28.6. The predicted molar refractivity (Wildman–Crippen MR) is 153 cm³/mol. The fourth-order valence-corrected chi connectivity index (χ4v) is 6.49. The van der Waals surface area contributed by atoms with Gasteiger partial charge in [-0.3, -0.25) is 9.69 Å². The van der Waals surface area contributed by atoms with Gasteiger partial charge in [0.2, 0.25) is 0 Å². The average molecular weight is 567 g/mol. The van der Waals surface area contributed by atoms with Crippen molar-refractivity contribution in [2.24, 2.45) is 0 Å². The van der Waals surface area contributed by atoms with Gasteiger partial charge in [0.05, 0.1) is 24.1 Å². The summed E-state index contributed by atoms with van der Waals surface area (Å²) < 4.78 is 17.6. The summed E-state index contributed by atoms with van der Waals surface area (Å²) in [5.74, 6) is -0.581. The molecule has 2 aliphatic heterocycles. The number of ether oxygens (including phenoxy) is 2. The molecule has 0 radical (unpaired) electrons. The van der Waals surface area contributed by atoms with Gasteiger partial charge in [0, 0.05) is 47.6 Å². The van der Waals surface area contributed by atoms with E-state index in [1.807, 2.05) is 6.07 Å². The normalized spacial score (nSPS) is 20.2. The van der Waals surface area contributed by atoms with Crippen LogP contribution in [0.5, 0.6) is 11.5 Å². The first-order valence-electron chi connectivity index (χ1n) is 13.3. The van der Waals surface area contributed by atoms with Crippen LogP contribution in [0.4, 0.5) is 0 Å². The average Bonchev–Trinajstić information content (AvgIpc) is 3.47. The van der Waals surface area contributed by atoms with Gasteiger partial charge in [-0.05, 0) is 74.8 Å². The van der Waals surface area contributed by atoms with Crippen LogP contribution < -0.4 is 9.47 Å². The second kappa shape index (κ2) is 13.5. The molecule has 5 rings (SSSR count). The van der Waals surface area contributed by atoms with Crippen LogP contribution in [-0.2, 0) is 9.59 Å². The van der Waals surface area contributed by atoms with Gasteiger partial charge in [-0.25, -0.2) is 9.59 Å². The molecule has 3 aromatic rings. The van der Waals surface area contributed by atoms with E-state index in [9.17, 15) is 14.4 Å². The number of hydrogen-bond donors (Lipinski definition) is 2. The van der Waals surface area contributed by atoms with Crippen LogP contribution in [0.15, 0.2) is 54.6 Å². The summed E-state index contributed by atoms with van der Waals surface area (Å²) in [5.41, 5.74) is 1.97. The highest BCUT2D eigenvalue weighted by Gasteiger charge is 2.41. The molecule has 3 heterocycles. The molecule has 2 fully saturated rings. The van der Waals surface area contributed by atoms with Crippen molar-refractivity contribution in [1.29, 1.82) is 0 Å². The van der Waals surface area contributed by atoms with Crippen molar-refractivity contribution in [1.82, 2.24) is 9.27 Å². The van der Waals surface area contributed by atoms with Gasteiger partial charge in [-0.15, -0.1) is 0 Å². The Kier molecular flexibility index (Phi) is 9.89. The number of carbonyl (C=O) groups is 3. The number of carboxylic acids is 2. The lowest BCUT2D eigenvalue weighted by molar-refractivity contribution is -0.134. The zero-order valence-corrected chi connectivity index (χ0v) is 23.4. The predicted octanol–water partition coefficient (Wildman–Crippen LogP) is 5.40. The highest BCUT2D eigenvalue weighted by atomic mass is 32.1. The Labute approximate surface area is 237 Å². The van der Waals surface area contributed by atoms with Crippen LogP contribution in [0.1, 0.15) is 61.0 Å². The number of fused-ring (bicyclic) bond motifs is 3. The topological polar surface area (TPSA) is 126 Å². The van der Waals surface area contributed by atoms with E-state index in [1.54, 1.807) is 37.7 Å². The van der Waals surface area contributed by atoms with Crippen LogP contribution in [-0.4, -0.2) is 69.6 Å². The maximum atomic E-state index is 11.6. The molecule has 212 valence electrons. The van der Waals surface area contributed by atoms with Gasteiger partial charge in [-0.1, -0.05) is 18.2 Å². The van der Waals surface area contributed by atoms with E-state index in [1.165, 1.54) is 41.5 Å². The minimum absolute atomic E-state index is 0.0272. The van der Waals surface area contributed by atoms with Crippen LogP contribution in [0.3, 0.4) is 0 Å². The van der Waals surface area contributed by atoms with E-state index in [0.717, 1.165) is 13.0 Å². The van der Waals surface area contributed by atoms with Gasteiger partial charge in [0.15, 0.2) is 17.3 Å². The third kappa shape index (κ3) is 7.25. The number of piperidine rings is 1. The first kappa shape index (κ1) is 29.2. The molecule has 10 heteroatoms. The number of aliphatic carboxylic acids is 2. The number of Topliss-reactive ketones (excluding diaryl/α,β-unsaturated/α-hetero) is 1. The lowest BCUT2D eigenvalue weighted by atomic mass is 9.87. The number of aromatic nitrogens is 1. The van der Waals surface area contributed by atoms with Crippen LogP contribution >= 0.6 is 11.5 Å². The smallest absolute Gasteiger partial charge is 0.328 e. The number of carbonyl (C=O) groups excluding carboxylic acids is 1. The molecule has 9 nitrogen and oxygen atoms in total. The van der Waals surface area contributed by atoms with Crippen molar-refractivity contribution in [3.8, 4) is 11.5 Å². The Morgan fingerprint density at radius 1 is 1.02 bits per heavy atom. The Morgan fingerprint density at radius 3 is 2.33 bits per heavy atom. The van der Waals surface area contributed by atoms with E-state index in [0.29, 0.717) is 53.8 Å². The van der Waals surface area contributed by atoms with Crippen molar-refractivity contribution in [3.63, 3.8) is 0 Å². The molecule has 40 heavy (non-hydrogen) atoms. The first-order chi connectivity index (χ1) is 19.3. The number of methoxy groups -OCH3 is 1. The van der Waals surface area contributed by atoms with Crippen molar-refractivity contribution in [2.75, 3.05) is 20.3 Å². The van der Waals surface area contributed by atoms with E-state index in [2.05, 4.69) is 29.2 Å². The quantitative estimate of drug-likeness (QED) is 0.188. The number of nitrogens with zero attached hydrogens (tertiary/aromatic N) is 2. The Balaban J connectivity index is 0.000000406. The maximum Gasteiger partial charge on any atom is 0.328 e. The molecule has 0 spiro atoms. The monoisotopic (exact) mass is 566 g/mol. The maximum absolute atomic E-state index is 11.6.